The van der Waals surface area contributed by atoms with E-state index >= 15 is 0 Å². The van der Waals surface area contributed by atoms with Gasteiger partial charge in [-0.25, -0.2) is 0 Å². The number of amides is 2. The van der Waals surface area contributed by atoms with Gasteiger partial charge in [-0.1, -0.05) is 0 Å². The van der Waals surface area contributed by atoms with Crippen molar-refractivity contribution in [3.8, 4) is 0 Å². The number of nitrogens with one attached hydrogen (secondary N) is 2. The van der Waals surface area contributed by atoms with Gasteiger partial charge in [0.15, 0.2) is 25.2 Å². The van der Waals surface area contributed by atoms with Crippen molar-refractivity contribution in [2.24, 2.45) is 0 Å². The highest BCUT2D eigenvalue weighted by atomic mass is 16.8. The molecule has 0 saturated carbocycles. The van der Waals surface area contributed by atoms with Crippen LogP contribution in [0.2, 0.25) is 0 Å². The lowest BCUT2D eigenvalue weighted by Gasteiger charge is -2.50. The standard InChI is InChI=1S/C35H60N2O25/c1-9-17(36-10(2)42)22(47)29(14(6-40)55-9)60-32-18(37-11(3)43)23(48)30(15(7-41)58-32)61-35-28(53)31(62-34-27(52)25(50)20(45)13(5-39)57-34)21(46)16(59-35)8-54-33-26(51)24(49)19(44)12(4-38)56-33/h9,12-35,38-41,44-53H,4-8H2,1-3H3,(H,36,42)(H,37,43)/t9-,12?,13?,14?,15?,16?,17-,18?,19+,20+,21+,22?,23?,24?,25?,26?,27?,28?,29+,30+,31?,32-,33-,34+,35-/m0/s1. The van der Waals surface area contributed by atoms with Crippen LogP contribution in [-0.2, 0) is 52.2 Å². The van der Waals surface area contributed by atoms with E-state index in [1.807, 2.05) is 0 Å². The van der Waals surface area contributed by atoms with Crippen LogP contribution in [0.3, 0.4) is 0 Å². The zero-order valence-corrected chi connectivity index (χ0v) is 33.7. The van der Waals surface area contributed by atoms with Crippen LogP contribution in [0, 0.1) is 0 Å². The van der Waals surface area contributed by atoms with Crippen LogP contribution < -0.4 is 10.6 Å². The average Bonchev–Trinajstić information content (AvgIpc) is 3.23. The number of aliphatic hydroxyl groups excluding tert-OH is 14. The van der Waals surface area contributed by atoms with Crippen LogP contribution in [0.4, 0.5) is 0 Å². The maximum Gasteiger partial charge on any atom is 0.217 e. The fourth-order valence-corrected chi connectivity index (χ4v) is 7.98. The van der Waals surface area contributed by atoms with E-state index in [0.717, 1.165) is 6.92 Å². The van der Waals surface area contributed by atoms with Gasteiger partial charge >= 0.3 is 0 Å². The minimum Gasteiger partial charge on any atom is -0.394 e. The number of hydrogen-bond acceptors (Lipinski definition) is 25. The molecule has 14 unspecified atom stereocenters. The summed E-state index contributed by atoms with van der Waals surface area (Å²) in [6.07, 6.45) is -40.1. The van der Waals surface area contributed by atoms with Crippen molar-refractivity contribution in [3.05, 3.63) is 0 Å². The zero-order valence-electron chi connectivity index (χ0n) is 33.7. The molecule has 0 bridgehead atoms. The summed E-state index contributed by atoms with van der Waals surface area (Å²) in [5.41, 5.74) is 0. The van der Waals surface area contributed by atoms with Gasteiger partial charge in [0.25, 0.3) is 0 Å². The molecule has 0 aliphatic carbocycles. The van der Waals surface area contributed by atoms with Gasteiger partial charge in [0.2, 0.25) is 11.8 Å². The molecule has 27 nitrogen and oxygen atoms in total. The zero-order chi connectivity index (χ0) is 45.9. The second kappa shape index (κ2) is 22.0. The SMILES string of the molecule is CC(=O)NC1C(O)[C@H](O[C@@H]2OC(CO[C@H]3OC(CO)[C@@H](O)C(O)C3O)[C@@H](O)C(O[C@H]3OC(CO)[C@@H](O)C(O)C3O)C2O)C(CO)O[C@H]1O[C@@H]1C(CO)O[C@@H](C)[C@H](NC(C)=O)C1O. The first kappa shape index (κ1) is 51.0. The number of hydrogen-bond donors (Lipinski definition) is 16. The third-order valence-electron chi connectivity index (χ3n) is 11.4. The van der Waals surface area contributed by atoms with Gasteiger partial charge in [0.05, 0.1) is 45.2 Å². The van der Waals surface area contributed by atoms with E-state index in [-0.39, 0.29) is 0 Å². The molecule has 27 heteroatoms. The first-order valence-corrected chi connectivity index (χ1v) is 19.9. The Bertz CT molecular complexity index is 1440. The Hall–Kier alpha value is -1.98. The third-order valence-corrected chi connectivity index (χ3v) is 11.4. The van der Waals surface area contributed by atoms with Crippen molar-refractivity contribution >= 4 is 11.8 Å². The third kappa shape index (κ3) is 11.0. The largest absolute Gasteiger partial charge is 0.394 e. The van der Waals surface area contributed by atoms with Crippen molar-refractivity contribution in [2.75, 3.05) is 33.0 Å². The minimum atomic E-state index is -2.16. The second-order valence-electron chi connectivity index (χ2n) is 15.8. The molecule has 5 fully saturated rings. The summed E-state index contributed by atoms with van der Waals surface area (Å²) in [7, 11) is 0. The molecule has 62 heavy (non-hydrogen) atoms. The van der Waals surface area contributed by atoms with Crippen molar-refractivity contribution < 1.29 is 124 Å². The van der Waals surface area contributed by atoms with E-state index in [9.17, 15) is 81.1 Å². The Balaban J connectivity index is 1.41. The van der Waals surface area contributed by atoms with Crippen LogP contribution in [0.25, 0.3) is 0 Å². The molecule has 5 aliphatic heterocycles. The summed E-state index contributed by atoms with van der Waals surface area (Å²) in [5.74, 6) is -1.29. The van der Waals surface area contributed by atoms with E-state index in [0.29, 0.717) is 0 Å². The Morgan fingerprint density at radius 2 is 0.839 bits per heavy atom. The van der Waals surface area contributed by atoms with Gasteiger partial charge in [-0.15, -0.1) is 0 Å². The molecule has 5 rings (SSSR count). The van der Waals surface area contributed by atoms with E-state index in [1.165, 1.54) is 13.8 Å². The smallest absolute Gasteiger partial charge is 0.217 e. The highest BCUT2D eigenvalue weighted by Crippen LogP contribution is 2.35. The lowest BCUT2D eigenvalue weighted by Crippen LogP contribution is -2.70. The molecule has 5 saturated heterocycles. The van der Waals surface area contributed by atoms with Gasteiger partial charge in [0.1, 0.15) is 116 Å². The lowest BCUT2D eigenvalue weighted by atomic mass is 9.92. The number of carbonyl (C=O) groups is 2. The van der Waals surface area contributed by atoms with Crippen LogP contribution in [0.15, 0.2) is 0 Å². The number of ether oxygens (including phenoxy) is 9. The van der Waals surface area contributed by atoms with Gasteiger partial charge in [0, 0.05) is 13.8 Å². The van der Waals surface area contributed by atoms with Gasteiger partial charge in [-0.05, 0) is 6.92 Å². The maximum absolute atomic E-state index is 12.5. The van der Waals surface area contributed by atoms with E-state index < -0.39 is 198 Å². The number of carbonyl (C=O) groups excluding carboxylic acids is 2. The normalized spacial score (nSPS) is 49.0. The van der Waals surface area contributed by atoms with Gasteiger partial charge in [-0.2, -0.15) is 0 Å². The Morgan fingerprint density at radius 3 is 1.37 bits per heavy atom. The van der Waals surface area contributed by atoms with Gasteiger partial charge < -0.3 is 125 Å². The molecule has 0 radical (unpaired) electrons. The van der Waals surface area contributed by atoms with Crippen LogP contribution in [0.5, 0.6) is 0 Å². The van der Waals surface area contributed by atoms with E-state index in [4.69, 9.17) is 42.6 Å². The van der Waals surface area contributed by atoms with Crippen LogP contribution in [-0.4, -0.2) is 270 Å². The molecule has 0 aromatic carbocycles. The van der Waals surface area contributed by atoms with Crippen molar-refractivity contribution in [3.63, 3.8) is 0 Å². The molecule has 5 aliphatic rings. The summed E-state index contributed by atoms with van der Waals surface area (Å²) >= 11 is 0. The molecule has 0 aromatic rings. The number of rotatable bonds is 15. The predicted octanol–water partition coefficient (Wildman–Crippen LogP) is -10.6. The highest BCUT2D eigenvalue weighted by molar-refractivity contribution is 5.73. The first-order chi connectivity index (χ1) is 29.3. The maximum atomic E-state index is 12.5. The molecule has 16 N–H and O–H groups in total. The van der Waals surface area contributed by atoms with E-state index in [2.05, 4.69) is 10.6 Å². The van der Waals surface area contributed by atoms with Crippen LogP contribution in [0.1, 0.15) is 20.8 Å². The molecule has 25 atom stereocenters. The monoisotopic (exact) mass is 908 g/mol. The summed E-state index contributed by atoms with van der Waals surface area (Å²) in [5, 5.41) is 153. The van der Waals surface area contributed by atoms with Crippen molar-refractivity contribution in [1.82, 2.24) is 10.6 Å². The second-order valence-corrected chi connectivity index (χ2v) is 15.8. The molecular weight excluding hydrogens is 848 g/mol. The van der Waals surface area contributed by atoms with Crippen molar-refractivity contribution in [2.45, 2.75) is 174 Å². The summed E-state index contributed by atoms with van der Waals surface area (Å²) < 4.78 is 51.6. The first-order valence-electron chi connectivity index (χ1n) is 19.9. The molecule has 5 heterocycles. The number of aliphatic hydroxyl groups is 14. The van der Waals surface area contributed by atoms with Crippen LogP contribution >= 0.6 is 0 Å². The predicted molar refractivity (Wildman–Crippen MR) is 193 cm³/mol. The lowest BCUT2D eigenvalue weighted by molar-refractivity contribution is -0.383. The summed E-state index contributed by atoms with van der Waals surface area (Å²) in [6, 6.07) is -2.68. The van der Waals surface area contributed by atoms with E-state index in [1.54, 1.807) is 0 Å². The highest BCUT2D eigenvalue weighted by Gasteiger charge is 2.56. The topological polar surface area (TPSA) is 424 Å². The molecular formula is C35H60N2O25. The van der Waals surface area contributed by atoms with Crippen molar-refractivity contribution in [1.29, 1.82) is 0 Å². The Kier molecular flexibility index (Phi) is 18.1. The Labute approximate surface area is 353 Å². The average molecular weight is 909 g/mol. The minimum absolute atomic E-state index is 0.533. The van der Waals surface area contributed by atoms with Gasteiger partial charge in [-0.3, -0.25) is 9.59 Å². The quantitative estimate of drug-likeness (QED) is 0.0725. The summed E-state index contributed by atoms with van der Waals surface area (Å²) in [6.45, 7) is -0.399. The fourth-order valence-electron chi connectivity index (χ4n) is 7.98. The summed E-state index contributed by atoms with van der Waals surface area (Å²) in [4.78, 5) is 24.4. The fraction of sp³-hybridized carbons (Fsp3) is 0.943. The molecule has 0 aromatic heterocycles. The Morgan fingerprint density at radius 1 is 0.435 bits per heavy atom. The molecule has 2 amide bonds. The molecule has 0 spiro atoms. The molecule has 360 valence electrons.